The summed E-state index contributed by atoms with van der Waals surface area (Å²) in [5, 5.41) is 9.02. The van der Waals surface area contributed by atoms with Crippen LogP contribution in [0.2, 0.25) is 0 Å². The lowest BCUT2D eigenvalue weighted by atomic mass is 9.86. The third kappa shape index (κ3) is 3.93. The van der Waals surface area contributed by atoms with Crippen molar-refractivity contribution in [1.29, 1.82) is 0 Å². The van der Waals surface area contributed by atoms with Crippen LogP contribution in [0.4, 0.5) is 4.39 Å². The zero-order chi connectivity index (χ0) is 19.0. The second kappa shape index (κ2) is 6.64. The molecule has 1 aromatic rings. The van der Waals surface area contributed by atoms with E-state index in [2.05, 4.69) is 0 Å². The Kier molecular flexibility index (Phi) is 5.09. The number of hydrogen-bond acceptors (Lipinski definition) is 3. The smallest absolute Gasteiger partial charge is 0.365 e. The van der Waals surface area contributed by atoms with Crippen molar-refractivity contribution in [1.82, 2.24) is 0 Å². The molecule has 1 aromatic carbocycles. The predicted molar refractivity (Wildman–Crippen MR) is 96.2 cm³/mol. The molecule has 0 saturated carbocycles. The number of carbonyl (C=O) groups is 1. The van der Waals surface area contributed by atoms with Crippen LogP contribution in [-0.2, 0) is 15.1 Å². The Morgan fingerprint density at radius 3 is 2.56 bits per heavy atom. The van der Waals surface area contributed by atoms with E-state index in [1.54, 1.807) is 6.07 Å². The van der Waals surface area contributed by atoms with Gasteiger partial charge in [0.25, 0.3) is 0 Å². The SMILES string of the molecule is CCOC(C)(C)c1cc2c(cc1C(C)=C(F)C(=O)O)C=CC(C)(C)O2. The monoisotopic (exact) mass is 348 g/mol. The molecule has 2 rings (SSSR count). The highest BCUT2D eigenvalue weighted by atomic mass is 19.1. The van der Waals surface area contributed by atoms with Gasteiger partial charge in [-0.1, -0.05) is 6.08 Å². The first-order valence-corrected chi connectivity index (χ1v) is 8.29. The Morgan fingerprint density at radius 1 is 1.36 bits per heavy atom. The van der Waals surface area contributed by atoms with E-state index >= 15 is 0 Å². The second-order valence-corrected chi connectivity index (χ2v) is 7.16. The molecule has 1 aliphatic rings. The Morgan fingerprint density at radius 2 is 2.00 bits per heavy atom. The lowest BCUT2D eigenvalue weighted by Gasteiger charge is -2.33. The minimum Gasteiger partial charge on any atom is -0.483 e. The van der Waals surface area contributed by atoms with E-state index in [4.69, 9.17) is 14.6 Å². The average Bonchev–Trinajstić information content (AvgIpc) is 2.51. The zero-order valence-electron chi connectivity index (χ0n) is 15.6. The maximum atomic E-state index is 14.1. The Hall–Kier alpha value is -2.14. The molecule has 136 valence electrons. The summed E-state index contributed by atoms with van der Waals surface area (Å²) in [6.07, 6.45) is 3.82. The molecule has 0 aromatic heterocycles. The van der Waals surface area contributed by atoms with Crippen LogP contribution in [0.3, 0.4) is 0 Å². The summed E-state index contributed by atoms with van der Waals surface area (Å²) in [5.41, 5.74) is 0.865. The summed E-state index contributed by atoms with van der Waals surface area (Å²) in [4.78, 5) is 11.1. The number of benzene rings is 1. The Labute approximate surface area is 148 Å². The molecule has 5 heteroatoms. The number of hydrogen-bond donors (Lipinski definition) is 1. The minimum absolute atomic E-state index is 0.0660. The van der Waals surface area contributed by atoms with E-state index in [9.17, 15) is 9.18 Å². The normalized spacial score (nSPS) is 16.8. The molecule has 0 amide bonds. The number of halogens is 1. The first kappa shape index (κ1) is 19.2. The number of carboxylic acid groups (broad SMARTS) is 1. The molecular weight excluding hydrogens is 323 g/mol. The van der Waals surface area contributed by atoms with Crippen molar-refractivity contribution >= 4 is 17.6 Å². The summed E-state index contributed by atoms with van der Waals surface area (Å²) in [6, 6.07) is 3.58. The number of aliphatic carboxylic acids is 1. The largest absolute Gasteiger partial charge is 0.483 e. The van der Waals surface area contributed by atoms with Crippen LogP contribution in [0.15, 0.2) is 24.0 Å². The van der Waals surface area contributed by atoms with Crippen molar-refractivity contribution < 1.29 is 23.8 Å². The summed E-state index contributed by atoms with van der Waals surface area (Å²) in [7, 11) is 0. The van der Waals surface area contributed by atoms with Gasteiger partial charge in [-0.2, -0.15) is 4.39 Å². The molecule has 1 aliphatic heterocycles. The van der Waals surface area contributed by atoms with Crippen LogP contribution in [0.5, 0.6) is 5.75 Å². The molecule has 0 fully saturated rings. The van der Waals surface area contributed by atoms with E-state index in [1.807, 2.05) is 52.8 Å². The van der Waals surface area contributed by atoms with Crippen LogP contribution >= 0.6 is 0 Å². The van der Waals surface area contributed by atoms with Crippen molar-refractivity contribution in [2.45, 2.75) is 52.7 Å². The van der Waals surface area contributed by atoms with Gasteiger partial charge >= 0.3 is 5.97 Å². The van der Waals surface area contributed by atoms with Gasteiger partial charge in [0.05, 0.1) is 5.60 Å². The minimum atomic E-state index is -1.58. The van der Waals surface area contributed by atoms with Crippen molar-refractivity contribution in [3.05, 3.63) is 40.7 Å². The Balaban J connectivity index is 2.73. The summed E-state index contributed by atoms with van der Waals surface area (Å²) < 4.78 is 25.9. The van der Waals surface area contributed by atoms with Gasteiger partial charge < -0.3 is 14.6 Å². The molecule has 1 heterocycles. The molecule has 0 bridgehead atoms. The molecule has 0 unspecified atom stereocenters. The van der Waals surface area contributed by atoms with Crippen LogP contribution in [0, 0.1) is 0 Å². The number of carboxylic acids is 1. The van der Waals surface area contributed by atoms with Crippen LogP contribution < -0.4 is 4.74 Å². The average molecular weight is 348 g/mol. The van der Waals surface area contributed by atoms with Gasteiger partial charge in [-0.25, -0.2) is 4.79 Å². The fourth-order valence-electron chi connectivity index (χ4n) is 2.95. The van der Waals surface area contributed by atoms with Crippen molar-refractivity contribution in [3.8, 4) is 5.75 Å². The fourth-order valence-corrected chi connectivity index (χ4v) is 2.95. The zero-order valence-corrected chi connectivity index (χ0v) is 15.6. The lowest BCUT2D eigenvalue weighted by molar-refractivity contribution is -0.134. The highest BCUT2D eigenvalue weighted by Crippen LogP contribution is 2.40. The van der Waals surface area contributed by atoms with Gasteiger partial charge in [0.2, 0.25) is 5.83 Å². The summed E-state index contributed by atoms with van der Waals surface area (Å²) in [5.74, 6) is -2.08. The molecule has 4 nitrogen and oxygen atoms in total. The quantitative estimate of drug-likeness (QED) is 0.767. The van der Waals surface area contributed by atoms with E-state index in [0.717, 1.165) is 5.56 Å². The second-order valence-electron chi connectivity index (χ2n) is 7.16. The predicted octanol–water partition coefficient (Wildman–Crippen LogP) is 4.93. The van der Waals surface area contributed by atoms with Crippen molar-refractivity contribution in [2.75, 3.05) is 6.61 Å². The topological polar surface area (TPSA) is 55.8 Å². The summed E-state index contributed by atoms with van der Waals surface area (Å²) >= 11 is 0. The van der Waals surface area contributed by atoms with Crippen molar-refractivity contribution in [2.24, 2.45) is 0 Å². The van der Waals surface area contributed by atoms with Gasteiger partial charge in [0.15, 0.2) is 0 Å². The van der Waals surface area contributed by atoms with Crippen LogP contribution in [-0.4, -0.2) is 23.3 Å². The molecule has 0 radical (unpaired) electrons. The number of ether oxygens (including phenoxy) is 2. The third-order valence-corrected chi connectivity index (χ3v) is 4.26. The first-order chi connectivity index (χ1) is 11.5. The molecule has 1 N–H and O–H groups in total. The van der Waals surface area contributed by atoms with Gasteiger partial charge in [-0.05, 0) is 76.5 Å². The highest BCUT2D eigenvalue weighted by Gasteiger charge is 2.30. The molecule has 25 heavy (non-hydrogen) atoms. The molecule has 0 atom stereocenters. The number of allylic oxidation sites excluding steroid dienone is 1. The van der Waals surface area contributed by atoms with Crippen molar-refractivity contribution in [3.63, 3.8) is 0 Å². The van der Waals surface area contributed by atoms with Gasteiger partial charge in [0, 0.05) is 12.2 Å². The Bertz CT molecular complexity index is 757. The van der Waals surface area contributed by atoms with E-state index < -0.39 is 23.0 Å². The van der Waals surface area contributed by atoms with Gasteiger partial charge in [-0.15, -0.1) is 0 Å². The standard InChI is InChI=1S/C20H25FO4/c1-7-24-20(5,6)15-11-16-13(8-9-19(3,4)25-16)10-14(15)12(2)17(21)18(22)23/h8-11H,7H2,1-6H3,(H,22,23). The molecule has 0 saturated heterocycles. The van der Waals surface area contributed by atoms with Crippen LogP contribution in [0.1, 0.15) is 58.2 Å². The van der Waals surface area contributed by atoms with Crippen LogP contribution in [0.25, 0.3) is 11.6 Å². The van der Waals surface area contributed by atoms with Gasteiger partial charge in [0.1, 0.15) is 11.4 Å². The van der Waals surface area contributed by atoms with E-state index in [-0.39, 0.29) is 5.57 Å². The molecule has 0 spiro atoms. The third-order valence-electron chi connectivity index (χ3n) is 4.26. The first-order valence-electron chi connectivity index (χ1n) is 8.29. The molecule has 0 aliphatic carbocycles. The highest BCUT2D eigenvalue weighted by molar-refractivity contribution is 5.94. The lowest BCUT2D eigenvalue weighted by Crippen LogP contribution is -2.29. The maximum Gasteiger partial charge on any atom is 0.365 e. The fraction of sp³-hybridized carbons (Fsp3) is 0.450. The number of rotatable bonds is 5. The summed E-state index contributed by atoms with van der Waals surface area (Å²) in [6.45, 7) is 11.5. The molecular formula is C20H25FO4. The van der Waals surface area contributed by atoms with Gasteiger partial charge in [-0.3, -0.25) is 0 Å². The van der Waals surface area contributed by atoms with E-state index in [1.165, 1.54) is 6.92 Å². The van der Waals surface area contributed by atoms with E-state index in [0.29, 0.717) is 23.5 Å². The maximum absolute atomic E-state index is 14.1. The number of fused-ring (bicyclic) bond motifs is 1.